The molecule has 3 nitrogen and oxygen atoms in total. The highest BCUT2D eigenvalue weighted by atomic mass is 19.4. The Balaban J connectivity index is 2.37. The van der Waals surface area contributed by atoms with Gasteiger partial charge in [0, 0.05) is 11.1 Å². The van der Waals surface area contributed by atoms with Crippen LogP contribution in [0.2, 0.25) is 0 Å². The number of amides is 1. The molecule has 110 valence electrons. The molecule has 6 heteroatoms. The molecule has 1 amide bonds. The number of primary amides is 1. The number of nitrogens with one attached hydrogen (secondary N) is 1. The maximum absolute atomic E-state index is 12.5. The molecule has 0 radical (unpaired) electrons. The van der Waals surface area contributed by atoms with Crippen molar-refractivity contribution in [3.8, 4) is 0 Å². The van der Waals surface area contributed by atoms with E-state index in [0.29, 0.717) is 24.8 Å². The van der Waals surface area contributed by atoms with E-state index in [-0.39, 0.29) is 0 Å². The van der Waals surface area contributed by atoms with Gasteiger partial charge in [-0.05, 0) is 36.5 Å². The van der Waals surface area contributed by atoms with Crippen LogP contribution in [-0.4, -0.2) is 18.6 Å². The lowest BCUT2D eigenvalue weighted by atomic mass is 9.88. The average molecular weight is 286 g/mol. The molecule has 3 N–H and O–H groups in total. The van der Waals surface area contributed by atoms with Gasteiger partial charge in [-0.3, -0.25) is 10.1 Å². The third kappa shape index (κ3) is 2.65. The number of rotatable bonds is 4. The van der Waals surface area contributed by atoms with Crippen molar-refractivity contribution in [3.63, 3.8) is 0 Å². The molecule has 0 bridgehead atoms. The van der Waals surface area contributed by atoms with Gasteiger partial charge in [0.05, 0.1) is 6.54 Å². The first kappa shape index (κ1) is 14.8. The van der Waals surface area contributed by atoms with E-state index in [0.717, 1.165) is 11.1 Å². The molecule has 20 heavy (non-hydrogen) atoms. The topological polar surface area (TPSA) is 55.1 Å². The molecule has 1 atom stereocenters. The number of fused-ring (bicyclic) bond motifs is 1. The maximum atomic E-state index is 12.5. The van der Waals surface area contributed by atoms with Crippen molar-refractivity contribution in [2.45, 2.75) is 37.9 Å². The standard InChI is InChI=1S/C14H17F3N2O/c1-2-13(19-8-14(15,16)17)7-6-9-10(12(18)20)4-3-5-11(9)13/h3-5,19H,2,6-8H2,1H3,(H2,18,20). The maximum Gasteiger partial charge on any atom is 0.401 e. The molecule has 0 spiro atoms. The zero-order valence-corrected chi connectivity index (χ0v) is 11.2. The second kappa shape index (κ2) is 5.09. The molecule has 0 saturated heterocycles. The first-order valence-electron chi connectivity index (χ1n) is 6.53. The number of nitrogens with two attached hydrogens (primary N) is 1. The highest BCUT2D eigenvalue weighted by molar-refractivity contribution is 5.95. The Labute approximate surface area is 115 Å². The molecule has 1 aromatic rings. The van der Waals surface area contributed by atoms with Gasteiger partial charge in [0.25, 0.3) is 0 Å². The van der Waals surface area contributed by atoms with Crippen LogP contribution in [-0.2, 0) is 12.0 Å². The van der Waals surface area contributed by atoms with Gasteiger partial charge >= 0.3 is 6.18 Å². The van der Waals surface area contributed by atoms with E-state index in [2.05, 4.69) is 5.32 Å². The predicted octanol–water partition coefficient (Wildman–Crippen LogP) is 2.49. The third-order valence-electron chi connectivity index (χ3n) is 3.99. The normalized spacial score (nSPS) is 21.8. The minimum atomic E-state index is -4.26. The number of benzene rings is 1. The largest absolute Gasteiger partial charge is 0.401 e. The summed E-state index contributed by atoms with van der Waals surface area (Å²) < 4.78 is 37.4. The zero-order chi connectivity index (χ0) is 15.0. The Morgan fingerprint density at radius 3 is 2.70 bits per heavy atom. The molecule has 0 aromatic heterocycles. The molecule has 1 aliphatic rings. The minimum absolute atomic E-state index is 0.409. The summed E-state index contributed by atoms with van der Waals surface area (Å²) in [6, 6.07) is 5.07. The summed E-state index contributed by atoms with van der Waals surface area (Å²) >= 11 is 0. The summed E-state index contributed by atoms with van der Waals surface area (Å²) in [5.41, 5.74) is 6.54. The molecular weight excluding hydrogens is 269 g/mol. The fourth-order valence-electron chi connectivity index (χ4n) is 2.95. The summed E-state index contributed by atoms with van der Waals surface area (Å²) in [6.07, 6.45) is -2.63. The Bertz CT molecular complexity index is 528. The Morgan fingerprint density at radius 2 is 2.15 bits per heavy atom. The molecule has 0 aliphatic heterocycles. The van der Waals surface area contributed by atoms with Gasteiger partial charge in [0.2, 0.25) is 5.91 Å². The lowest BCUT2D eigenvalue weighted by molar-refractivity contribution is -0.129. The lowest BCUT2D eigenvalue weighted by Gasteiger charge is -2.31. The van der Waals surface area contributed by atoms with E-state index in [1.807, 2.05) is 6.92 Å². The van der Waals surface area contributed by atoms with Crippen molar-refractivity contribution < 1.29 is 18.0 Å². The first-order valence-corrected chi connectivity index (χ1v) is 6.53. The van der Waals surface area contributed by atoms with Gasteiger partial charge in [-0.2, -0.15) is 13.2 Å². The minimum Gasteiger partial charge on any atom is -0.366 e. The molecule has 2 rings (SSSR count). The summed E-state index contributed by atoms with van der Waals surface area (Å²) in [4.78, 5) is 11.4. The van der Waals surface area contributed by atoms with Crippen LogP contribution in [0, 0.1) is 0 Å². The van der Waals surface area contributed by atoms with Crippen LogP contribution in [0.5, 0.6) is 0 Å². The smallest absolute Gasteiger partial charge is 0.366 e. The number of carbonyl (C=O) groups excluding carboxylic acids is 1. The fourth-order valence-corrected chi connectivity index (χ4v) is 2.95. The number of halogens is 3. The van der Waals surface area contributed by atoms with Crippen LogP contribution in [0.15, 0.2) is 18.2 Å². The van der Waals surface area contributed by atoms with Crippen LogP contribution in [0.4, 0.5) is 13.2 Å². The summed E-state index contributed by atoms with van der Waals surface area (Å²) in [6.45, 7) is 0.802. The predicted molar refractivity (Wildman–Crippen MR) is 69.3 cm³/mol. The van der Waals surface area contributed by atoms with Gasteiger partial charge in [-0.1, -0.05) is 19.1 Å². The van der Waals surface area contributed by atoms with Crippen LogP contribution < -0.4 is 11.1 Å². The van der Waals surface area contributed by atoms with Gasteiger partial charge in [-0.15, -0.1) is 0 Å². The number of alkyl halides is 3. The molecule has 1 aliphatic carbocycles. The molecule has 0 heterocycles. The zero-order valence-electron chi connectivity index (χ0n) is 11.2. The number of carbonyl (C=O) groups is 1. The van der Waals surface area contributed by atoms with Gasteiger partial charge < -0.3 is 5.73 Å². The van der Waals surface area contributed by atoms with E-state index >= 15 is 0 Å². The van der Waals surface area contributed by atoms with E-state index in [9.17, 15) is 18.0 Å². The quantitative estimate of drug-likeness (QED) is 0.893. The van der Waals surface area contributed by atoms with Crippen LogP contribution >= 0.6 is 0 Å². The van der Waals surface area contributed by atoms with Crippen LogP contribution in [0.25, 0.3) is 0 Å². The Hall–Kier alpha value is -1.56. The lowest BCUT2D eigenvalue weighted by Crippen LogP contribution is -2.44. The van der Waals surface area contributed by atoms with Crippen molar-refractivity contribution in [1.29, 1.82) is 0 Å². The van der Waals surface area contributed by atoms with Crippen LogP contribution in [0.3, 0.4) is 0 Å². The molecule has 1 aromatic carbocycles. The van der Waals surface area contributed by atoms with Crippen molar-refractivity contribution in [2.24, 2.45) is 5.73 Å². The Morgan fingerprint density at radius 1 is 1.45 bits per heavy atom. The monoisotopic (exact) mass is 286 g/mol. The molecule has 0 fully saturated rings. The van der Waals surface area contributed by atoms with Crippen molar-refractivity contribution in [3.05, 3.63) is 34.9 Å². The molecule has 0 saturated carbocycles. The summed E-state index contributed by atoms with van der Waals surface area (Å²) in [5, 5.41) is 2.63. The number of hydrogen-bond donors (Lipinski definition) is 2. The SMILES string of the molecule is CCC1(NCC(F)(F)F)CCc2c(C(N)=O)cccc21. The highest BCUT2D eigenvalue weighted by Crippen LogP contribution is 2.41. The van der Waals surface area contributed by atoms with Crippen molar-refractivity contribution in [1.82, 2.24) is 5.32 Å². The van der Waals surface area contributed by atoms with Crippen molar-refractivity contribution >= 4 is 5.91 Å². The van der Waals surface area contributed by atoms with Gasteiger partial charge in [0.1, 0.15) is 0 Å². The van der Waals surface area contributed by atoms with E-state index in [4.69, 9.17) is 5.73 Å². The molecule has 1 unspecified atom stereocenters. The fraction of sp³-hybridized carbons (Fsp3) is 0.500. The third-order valence-corrected chi connectivity index (χ3v) is 3.99. The highest BCUT2D eigenvalue weighted by Gasteiger charge is 2.41. The van der Waals surface area contributed by atoms with Crippen LogP contribution in [0.1, 0.15) is 41.3 Å². The number of hydrogen-bond acceptors (Lipinski definition) is 2. The summed E-state index contributed by atoms with van der Waals surface area (Å²) in [7, 11) is 0. The van der Waals surface area contributed by atoms with Gasteiger partial charge in [0.15, 0.2) is 0 Å². The van der Waals surface area contributed by atoms with E-state index in [1.54, 1.807) is 18.2 Å². The average Bonchev–Trinajstić information content (AvgIpc) is 2.75. The molecular formula is C14H17F3N2O. The van der Waals surface area contributed by atoms with Gasteiger partial charge in [-0.25, -0.2) is 0 Å². The Kier molecular flexibility index (Phi) is 3.77. The first-order chi connectivity index (χ1) is 9.29. The van der Waals surface area contributed by atoms with E-state index < -0.39 is 24.2 Å². The van der Waals surface area contributed by atoms with Crippen molar-refractivity contribution in [2.75, 3.05) is 6.54 Å². The summed E-state index contributed by atoms with van der Waals surface area (Å²) in [5.74, 6) is -0.537. The van der Waals surface area contributed by atoms with E-state index in [1.165, 1.54) is 0 Å². The second-order valence-corrected chi connectivity index (χ2v) is 5.10. The second-order valence-electron chi connectivity index (χ2n) is 5.10.